The van der Waals surface area contributed by atoms with Crippen LogP contribution in [0.2, 0.25) is 10.0 Å². The van der Waals surface area contributed by atoms with Crippen LogP contribution >= 0.6 is 23.2 Å². The first-order valence-electron chi connectivity index (χ1n) is 13.4. The molecule has 222 valence electrons. The number of hydrogen-bond donors (Lipinski definition) is 4. The van der Waals surface area contributed by atoms with Gasteiger partial charge in [0.05, 0.1) is 16.4 Å². The number of rotatable bonds is 5. The van der Waals surface area contributed by atoms with Crippen LogP contribution < -0.4 is 15.8 Å². The number of piperidine rings is 1. The number of fused-ring (bicyclic) bond motifs is 1. The standard InChI is InChI=1S/C27H29Cl2N7O6/c1-2-31-25(39)22-20(37)21(38)26(42-22)36-13-32-19-23(30)33-18(34-24(19)36)5-3-4-14-8-10-35(11-9-14)27(40)41-15-6-7-16(28)17(29)12-15/h6-7,12-14,20-22,26,37-38H,2,4,8-11H2,1H3,(H,31,39)(H2,30,33,34)/t20-,21+,22-,26+/m0/s1. The lowest BCUT2D eigenvalue weighted by molar-refractivity contribution is -0.137. The third kappa shape index (κ3) is 6.23. The molecule has 13 nitrogen and oxygen atoms in total. The van der Waals surface area contributed by atoms with Gasteiger partial charge in [-0.15, -0.1) is 0 Å². The second-order valence-electron chi connectivity index (χ2n) is 9.96. The van der Waals surface area contributed by atoms with Gasteiger partial charge in [0.25, 0.3) is 5.91 Å². The molecular formula is C27H29Cl2N7O6. The van der Waals surface area contributed by atoms with Crippen molar-refractivity contribution in [2.75, 3.05) is 25.4 Å². The molecule has 0 unspecified atom stereocenters. The highest BCUT2D eigenvalue weighted by Crippen LogP contribution is 2.32. The van der Waals surface area contributed by atoms with Gasteiger partial charge in [0, 0.05) is 32.1 Å². The predicted molar refractivity (Wildman–Crippen MR) is 153 cm³/mol. The maximum absolute atomic E-state index is 12.5. The zero-order valence-corrected chi connectivity index (χ0v) is 24.0. The number of halogens is 2. The van der Waals surface area contributed by atoms with Gasteiger partial charge < -0.3 is 35.6 Å². The molecule has 2 aromatic heterocycles. The van der Waals surface area contributed by atoms with Crippen LogP contribution in [0.1, 0.15) is 38.2 Å². The molecule has 0 spiro atoms. The van der Waals surface area contributed by atoms with Crippen LogP contribution in [0.25, 0.3) is 11.2 Å². The van der Waals surface area contributed by atoms with Gasteiger partial charge in [0.2, 0.25) is 5.82 Å². The van der Waals surface area contributed by atoms with Crippen LogP contribution in [0.4, 0.5) is 10.6 Å². The van der Waals surface area contributed by atoms with Gasteiger partial charge in [-0.1, -0.05) is 29.1 Å². The number of hydrogen-bond acceptors (Lipinski definition) is 10. The lowest BCUT2D eigenvalue weighted by atomic mass is 9.94. The minimum atomic E-state index is -1.44. The molecular weight excluding hydrogens is 589 g/mol. The van der Waals surface area contributed by atoms with Gasteiger partial charge >= 0.3 is 6.09 Å². The Balaban J connectivity index is 1.21. The molecule has 2 aliphatic rings. The number of nitrogens with two attached hydrogens (primary N) is 1. The quantitative estimate of drug-likeness (QED) is 0.310. The number of carbonyl (C=O) groups is 2. The fraction of sp³-hybridized carbons (Fsp3) is 0.444. The summed E-state index contributed by atoms with van der Waals surface area (Å²) in [7, 11) is 0. The highest BCUT2D eigenvalue weighted by Gasteiger charge is 2.47. The number of aliphatic hydroxyl groups is 2. The summed E-state index contributed by atoms with van der Waals surface area (Å²) in [5.41, 5.74) is 6.61. The Morgan fingerprint density at radius 3 is 2.67 bits per heavy atom. The number of aromatic nitrogens is 4. The molecule has 42 heavy (non-hydrogen) atoms. The number of anilines is 1. The van der Waals surface area contributed by atoms with Crippen molar-refractivity contribution in [2.24, 2.45) is 5.92 Å². The van der Waals surface area contributed by atoms with E-state index < -0.39 is 36.5 Å². The molecule has 3 aromatic rings. The van der Waals surface area contributed by atoms with Crippen LogP contribution in [-0.2, 0) is 9.53 Å². The summed E-state index contributed by atoms with van der Waals surface area (Å²) >= 11 is 11.9. The van der Waals surface area contributed by atoms with Crippen molar-refractivity contribution in [3.05, 3.63) is 40.4 Å². The number of nitrogens with zero attached hydrogens (tertiary/aromatic N) is 5. The van der Waals surface area contributed by atoms with Crippen LogP contribution in [-0.4, -0.2) is 84.6 Å². The second kappa shape index (κ2) is 12.7. The molecule has 0 saturated carbocycles. The monoisotopic (exact) mass is 617 g/mol. The number of amides is 2. The minimum absolute atomic E-state index is 0.0881. The average molecular weight is 618 g/mol. The zero-order valence-electron chi connectivity index (χ0n) is 22.5. The highest BCUT2D eigenvalue weighted by molar-refractivity contribution is 6.42. The number of nitrogens with one attached hydrogen (secondary N) is 1. The third-order valence-electron chi connectivity index (χ3n) is 7.13. The van der Waals surface area contributed by atoms with Crippen LogP contribution in [0.15, 0.2) is 24.5 Å². The molecule has 5 rings (SSSR count). The fourth-order valence-corrected chi connectivity index (χ4v) is 5.15. The Labute approximate surface area is 250 Å². The normalized spacial score (nSPS) is 22.5. The maximum atomic E-state index is 12.5. The van der Waals surface area contributed by atoms with Crippen LogP contribution in [0.5, 0.6) is 5.75 Å². The minimum Gasteiger partial charge on any atom is -0.410 e. The van der Waals surface area contributed by atoms with Crippen molar-refractivity contribution in [2.45, 2.75) is 50.7 Å². The average Bonchev–Trinajstić information content (AvgIpc) is 3.52. The summed E-state index contributed by atoms with van der Waals surface area (Å²) in [5.74, 6) is 6.32. The highest BCUT2D eigenvalue weighted by atomic mass is 35.5. The van der Waals surface area contributed by atoms with Gasteiger partial charge in [-0.2, -0.15) is 0 Å². The first kappa shape index (κ1) is 29.8. The van der Waals surface area contributed by atoms with E-state index in [9.17, 15) is 19.8 Å². The molecule has 2 fully saturated rings. The molecule has 2 aliphatic heterocycles. The van der Waals surface area contributed by atoms with Crippen molar-refractivity contribution in [3.63, 3.8) is 0 Å². The van der Waals surface area contributed by atoms with Gasteiger partial charge in [0.15, 0.2) is 23.8 Å². The SMILES string of the molecule is CCNC(=O)[C@H]1O[C@@H](n2cnc3c(N)nc(C#CCC4CCN(C(=O)Oc5ccc(Cl)c(Cl)c5)CC4)nc32)[C@H](O)[C@@H]1O. The van der Waals surface area contributed by atoms with Gasteiger partial charge in [0.1, 0.15) is 23.5 Å². The third-order valence-corrected chi connectivity index (χ3v) is 7.87. The Kier molecular flexibility index (Phi) is 9.00. The molecule has 2 amide bonds. The molecule has 5 N–H and O–H groups in total. The van der Waals surface area contributed by atoms with Crippen LogP contribution in [0, 0.1) is 17.8 Å². The van der Waals surface area contributed by atoms with Crippen molar-refractivity contribution < 1.29 is 29.3 Å². The van der Waals surface area contributed by atoms with E-state index in [4.69, 9.17) is 38.4 Å². The Morgan fingerprint density at radius 1 is 1.19 bits per heavy atom. The van der Waals surface area contributed by atoms with Crippen molar-refractivity contribution in [1.82, 2.24) is 29.7 Å². The van der Waals surface area contributed by atoms with Crippen molar-refractivity contribution in [3.8, 4) is 17.6 Å². The summed E-state index contributed by atoms with van der Waals surface area (Å²) in [6.07, 6.45) is -2.29. The number of benzene rings is 1. The summed E-state index contributed by atoms with van der Waals surface area (Å²) in [6.45, 7) is 3.12. The lowest BCUT2D eigenvalue weighted by Gasteiger charge is -2.30. The summed E-state index contributed by atoms with van der Waals surface area (Å²) in [5, 5.41) is 24.2. The number of imidazole rings is 1. The largest absolute Gasteiger partial charge is 0.415 e. The van der Waals surface area contributed by atoms with E-state index in [1.807, 2.05) is 0 Å². The van der Waals surface area contributed by atoms with Crippen molar-refractivity contribution >= 4 is 52.2 Å². The van der Waals surface area contributed by atoms with Gasteiger partial charge in [-0.05, 0) is 43.7 Å². The number of ether oxygens (including phenoxy) is 2. The number of likely N-dealkylation sites (tertiary alicyclic amines) is 1. The van der Waals surface area contributed by atoms with Crippen molar-refractivity contribution in [1.29, 1.82) is 0 Å². The topological polar surface area (TPSA) is 178 Å². The van der Waals surface area contributed by atoms with E-state index in [1.165, 1.54) is 17.0 Å². The maximum Gasteiger partial charge on any atom is 0.415 e. The smallest absolute Gasteiger partial charge is 0.410 e. The Hall–Kier alpha value is -3.67. The van der Waals surface area contributed by atoms with Gasteiger partial charge in [-0.3, -0.25) is 9.36 Å². The number of carbonyl (C=O) groups excluding carboxylic acids is 2. The molecule has 4 atom stereocenters. The van der Waals surface area contributed by atoms with E-state index in [-0.39, 0.29) is 28.7 Å². The molecule has 0 bridgehead atoms. The Bertz CT molecular complexity index is 1550. The number of aliphatic hydroxyl groups excluding tert-OH is 2. The number of nitrogen functional groups attached to an aromatic ring is 1. The van der Waals surface area contributed by atoms with E-state index in [0.717, 1.165) is 12.8 Å². The molecule has 4 heterocycles. The molecule has 0 aliphatic carbocycles. The second-order valence-corrected chi connectivity index (χ2v) is 10.8. The molecule has 0 radical (unpaired) electrons. The van der Waals surface area contributed by atoms with Gasteiger partial charge in [-0.25, -0.2) is 19.7 Å². The predicted octanol–water partition coefficient (Wildman–Crippen LogP) is 2.12. The number of likely N-dealkylation sites (N-methyl/N-ethyl adjacent to an activating group) is 1. The van der Waals surface area contributed by atoms with E-state index in [1.54, 1.807) is 24.0 Å². The summed E-state index contributed by atoms with van der Waals surface area (Å²) in [6, 6.07) is 4.65. The molecule has 15 heteroatoms. The first-order chi connectivity index (χ1) is 20.2. The summed E-state index contributed by atoms with van der Waals surface area (Å²) < 4.78 is 12.5. The van der Waals surface area contributed by atoms with E-state index in [2.05, 4.69) is 32.1 Å². The molecule has 1 aromatic carbocycles. The fourth-order valence-electron chi connectivity index (χ4n) is 4.86. The lowest BCUT2D eigenvalue weighted by Crippen LogP contribution is -2.42. The molecule has 2 saturated heterocycles. The van der Waals surface area contributed by atoms with E-state index in [0.29, 0.717) is 41.8 Å². The first-order valence-corrected chi connectivity index (χ1v) is 14.1. The van der Waals surface area contributed by atoms with Crippen LogP contribution in [0.3, 0.4) is 0 Å². The Morgan fingerprint density at radius 2 is 1.95 bits per heavy atom. The zero-order chi connectivity index (χ0) is 30.0. The summed E-state index contributed by atoms with van der Waals surface area (Å²) in [4.78, 5) is 39.3. The van der Waals surface area contributed by atoms with E-state index >= 15 is 0 Å².